The van der Waals surface area contributed by atoms with Crippen LogP contribution in [0.1, 0.15) is 30.7 Å². The Kier molecular flexibility index (Phi) is 3.17. The molecule has 1 fully saturated rings. The Morgan fingerprint density at radius 2 is 2.12 bits per heavy atom. The molecule has 0 heterocycles. The number of hydrogen-bond acceptors (Lipinski definition) is 3. The highest BCUT2D eigenvalue weighted by atomic mass is 16.5. The van der Waals surface area contributed by atoms with Crippen LogP contribution in [0.4, 0.5) is 0 Å². The zero-order chi connectivity index (χ0) is 11.6. The summed E-state index contributed by atoms with van der Waals surface area (Å²) in [6, 6.07) is 8.13. The molecule has 1 aromatic rings. The van der Waals surface area contributed by atoms with Crippen molar-refractivity contribution in [1.82, 2.24) is 0 Å². The van der Waals surface area contributed by atoms with Crippen molar-refractivity contribution in [2.75, 3.05) is 13.7 Å². The number of benzene rings is 1. The topological polar surface area (TPSA) is 55.5 Å². The predicted molar refractivity (Wildman–Crippen MR) is 63.6 cm³/mol. The number of ether oxygens (including phenoxy) is 1. The zero-order valence-corrected chi connectivity index (χ0v) is 9.65. The second-order valence-electron chi connectivity index (χ2n) is 4.73. The number of hydrogen-bond donors (Lipinski definition) is 2. The van der Waals surface area contributed by atoms with Crippen LogP contribution < -0.4 is 10.5 Å². The number of aliphatic hydroxyl groups is 1. The smallest absolute Gasteiger partial charge is 0.118 e. The van der Waals surface area contributed by atoms with Gasteiger partial charge in [0.2, 0.25) is 0 Å². The van der Waals surface area contributed by atoms with Gasteiger partial charge in [-0.1, -0.05) is 12.1 Å². The molecule has 0 saturated heterocycles. The minimum Gasteiger partial charge on any atom is -0.497 e. The molecule has 3 nitrogen and oxygen atoms in total. The third kappa shape index (κ3) is 2.20. The second kappa shape index (κ2) is 4.44. The van der Waals surface area contributed by atoms with Crippen molar-refractivity contribution in [2.45, 2.75) is 30.7 Å². The van der Waals surface area contributed by atoms with Gasteiger partial charge in [-0.25, -0.2) is 0 Å². The summed E-state index contributed by atoms with van der Waals surface area (Å²) in [7, 11) is 1.67. The maximum absolute atomic E-state index is 9.23. The Labute approximate surface area is 96.2 Å². The average Bonchev–Trinajstić information content (AvgIpc) is 2.73. The maximum Gasteiger partial charge on any atom is 0.118 e. The largest absolute Gasteiger partial charge is 0.497 e. The molecule has 1 saturated carbocycles. The Morgan fingerprint density at radius 3 is 2.62 bits per heavy atom. The summed E-state index contributed by atoms with van der Waals surface area (Å²) in [6.07, 6.45) is 2.83. The van der Waals surface area contributed by atoms with Crippen molar-refractivity contribution < 1.29 is 9.84 Å². The van der Waals surface area contributed by atoms with Crippen LogP contribution >= 0.6 is 0 Å². The van der Waals surface area contributed by atoms with Gasteiger partial charge in [-0.15, -0.1) is 0 Å². The molecule has 3 heteroatoms. The molecule has 0 unspecified atom stereocenters. The van der Waals surface area contributed by atoms with E-state index in [2.05, 4.69) is 12.1 Å². The van der Waals surface area contributed by atoms with Crippen LogP contribution in [0.2, 0.25) is 0 Å². The van der Waals surface area contributed by atoms with Crippen molar-refractivity contribution in [1.29, 1.82) is 0 Å². The molecule has 2 atom stereocenters. The summed E-state index contributed by atoms with van der Waals surface area (Å²) >= 11 is 0. The third-order valence-corrected chi connectivity index (χ3v) is 3.55. The molecule has 3 N–H and O–H groups in total. The quantitative estimate of drug-likeness (QED) is 0.816. The van der Waals surface area contributed by atoms with Crippen molar-refractivity contribution in [3.05, 3.63) is 29.8 Å². The molecule has 0 radical (unpaired) electrons. The fourth-order valence-electron chi connectivity index (χ4n) is 2.46. The SMILES string of the molecule is COc1ccc([C@@H]2CC[C@](N)(CO)C2)cc1. The minimum absolute atomic E-state index is 0.0830. The van der Waals surface area contributed by atoms with Gasteiger partial charge >= 0.3 is 0 Å². The van der Waals surface area contributed by atoms with Gasteiger partial charge in [0.1, 0.15) is 5.75 Å². The highest BCUT2D eigenvalue weighted by molar-refractivity contribution is 5.30. The van der Waals surface area contributed by atoms with Crippen LogP contribution in [-0.2, 0) is 0 Å². The second-order valence-corrected chi connectivity index (χ2v) is 4.73. The molecule has 1 aliphatic rings. The van der Waals surface area contributed by atoms with Crippen molar-refractivity contribution >= 4 is 0 Å². The molecule has 2 rings (SSSR count). The normalized spacial score (nSPS) is 29.3. The van der Waals surface area contributed by atoms with E-state index in [0.717, 1.165) is 25.0 Å². The first-order chi connectivity index (χ1) is 7.67. The Balaban J connectivity index is 2.08. The number of rotatable bonds is 3. The summed E-state index contributed by atoms with van der Waals surface area (Å²) < 4.78 is 5.13. The lowest BCUT2D eigenvalue weighted by Gasteiger charge is -2.20. The lowest BCUT2D eigenvalue weighted by atomic mass is 9.94. The lowest BCUT2D eigenvalue weighted by Crippen LogP contribution is -2.40. The van der Waals surface area contributed by atoms with E-state index in [9.17, 15) is 5.11 Å². The molecule has 0 amide bonds. The van der Waals surface area contributed by atoms with Crippen molar-refractivity contribution in [3.8, 4) is 5.75 Å². The summed E-state index contributed by atoms with van der Waals surface area (Å²) in [5.74, 6) is 1.35. The first-order valence-corrected chi connectivity index (χ1v) is 5.70. The Hall–Kier alpha value is -1.06. The van der Waals surface area contributed by atoms with E-state index in [0.29, 0.717) is 5.92 Å². The van der Waals surface area contributed by atoms with Crippen LogP contribution in [0.5, 0.6) is 5.75 Å². The molecule has 16 heavy (non-hydrogen) atoms. The van der Waals surface area contributed by atoms with Crippen LogP contribution in [0.15, 0.2) is 24.3 Å². The van der Waals surface area contributed by atoms with Gasteiger partial charge in [0.25, 0.3) is 0 Å². The molecule has 1 aromatic carbocycles. The van der Waals surface area contributed by atoms with Gasteiger partial charge in [-0.05, 0) is 42.9 Å². The number of aliphatic hydroxyl groups excluding tert-OH is 1. The Morgan fingerprint density at radius 1 is 1.44 bits per heavy atom. The van der Waals surface area contributed by atoms with Crippen molar-refractivity contribution in [3.63, 3.8) is 0 Å². The molecule has 0 bridgehead atoms. The van der Waals surface area contributed by atoms with E-state index in [1.165, 1.54) is 5.56 Å². The third-order valence-electron chi connectivity index (χ3n) is 3.55. The summed E-state index contributed by atoms with van der Waals surface area (Å²) in [5, 5.41) is 9.23. The fourth-order valence-corrected chi connectivity index (χ4v) is 2.46. The molecule has 0 spiro atoms. The van der Waals surface area contributed by atoms with E-state index in [4.69, 9.17) is 10.5 Å². The van der Waals surface area contributed by atoms with Crippen LogP contribution in [-0.4, -0.2) is 24.4 Å². The number of nitrogens with two attached hydrogens (primary N) is 1. The van der Waals surface area contributed by atoms with Crippen LogP contribution in [0.3, 0.4) is 0 Å². The first-order valence-electron chi connectivity index (χ1n) is 5.70. The predicted octanol–water partition coefficient (Wildman–Crippen LogP) is 1.65. The van der Waals surface area contributed by atoms with E-state index in [1.54, 1.807) is 7.11 Å². The lowest BCUT2D eigenvalue weighted by molar-refractivity contribution is 0.198. The minimum atomic E-state index is -0.370. The summed E-state index contributed by atoms with van der Waals surface area (Å²) in [6.45, 7) is 0.0830. The maximum atomic E-state index is 9.23. The highest BCUT2D eigenvalue weighted by Gasteiger charge is 2.35. The van der Waals surface area contributed by atoms with Gasteiger partial charge in [0.05, 0.1) is 13.7 Å². The summed E-state index contributed by atoms with van der Waals surface area (Å²) in [4.78, 5) is 0. The van der Waals surface area contributed by atoms with Gasteiger partial charge in [0, 0.05) is 5.54 Å². The highest BCUT2D eigenvalue weighted by Crippen LogP contribution is 2.39. The molecule has 0 aliphatic heterocycles. The van der Waals surface area contributed by atoms with Crippen LogP contribution in [0.25, 0.3) is 0 Å². The average molecular weight is 221 g/mol. The van der Waals surface area contributed by atoms with E-state index in [-0.39, 0.29) is 12.1 Å². The van der Waals surface area contributed by atoms with Crippen molar-refractivity contribution in [2.24, 2.45) is 5.73 Å². The molecule has 88 valence electrons. The first kappa shape index (κ1) is 11.4. The van der Waals surface area contributed by atoms with Gasteiger partial charge in [0.15, 0.2) is 0 Å². The molecular formula is C13H19NO2. The molecule has 0 aromatic heterocycles. The fraction of sp³-hybridized carbons (Fsp3) is 0.538. The van der Waals surface area contributed by atoms with Gasteiger partial charge < -0.3 is 15.6 Å². The standard InChI is InChI=1S/C13H19NO2/c1-16-12-4-2-10(3-5-12)11-6-7-13(14,8-11)9-15/h2-5,11,15H,6-9,14H2,1H3/t11-,13-/m1/s1. The Bertz CT molecular complexity index is 349. The van der Waals surface area contributed by atoms with Gasteiger partial charge in [-0.2, -0.15) is 0 Å². The zero-order valence-electron chi connectivity index (χ0n) is 9.65. The molecule has 1 aliphatic carbocycles. The monoisotopic (exact) mass is 221 g/mol. The van der Waals surface area contributed by atoms with E-state index < -0.39 is 0 Å². The summed E-state index contributed by atoms with van der Waals surface area (Å²) in [5.41, 5.74) is 6.99. The van der Waals surface area contributed by atoms with Gasteiger partial charge in [-0.3, -0.25) is 0 Å². The van der Waals surface area contributed by atoms with E-state index in [1.807, 2.05) is 12.1 Å². The molecular weight excluding hydrogens is 202 g/mol. The number of methoxy groups -OCH3 is 1. The van der Waals surface area contributed by atoms with Crippen LogP contribution in [0, 0.1) is 0 Å². The van der Waals surface area contributed by atoms with E-state index >= 15 is 0 Å².